The van der Waals surface area contributed by atoms with E-state index in [9.17, 15) is 4.79 Å². The van der Waals surface area contributed by atoms with Gasteiger partial charge in [-0.1, -0.05) is 30.3 Å². The Labute approximate surface area is 112 Å². The summed E-state index contributed by atoms with van der Waals surface area (Å²) in [4.78, 5) is 12.4. The van der Waals surface area contributed by atoms with E-state index in [0.717, 1.165) is 29.7 Å². The van der Waals surface area contributed by atoms with E-state index in [4.69, 9.17) is 0 Å². The minimum Gasteiger partial charge on any atom is -0.351 e. The van der Waals surface area contributed by atoms with Gasteiger partial charge in [-0.15, -0.1) is 0 Å². The molecule has 1 aliphatic carbocycles. The number of amides is 1. The molecule has 1 fully saturated rings. The summed E-state index contributed by atoms with van der Waals surface area (Å²) in [5.74, 6) is 0.124. The molecule has 0 radical (unpaired) electrons. The van der Waals surface area contributed by atoms with E-state index in [-0.39, 0.29) is 11.3 Å². The highest BCUT2D eigenvalue weighted by Crippen LogP contribution is 2.48. The van der Waals surface area contributed by atoms with Crippen LogP contribution in [0.5, 0.6) is 0 Å². The molecule has 0 atom stereocenters. The van der Waals surface area contributed by atoms with E-state index in [1.54, 1.807) is 6.20 Å². The SMILES string of the molecule is Cc1[nH]ncc1CNC(=O)C1(c2ccccc2)CC1. The molecule has 1 aromatic heterocycles. The Morgan fingerprint density at radius 1 is 1.37 bits per heavy atom. The number of aromatic nitrogens is 2. The summed E-state index contributed by atoms with van der Waals surface area (Å²) in [6, 6.07) is 10.0. The number of rotatable bonds is 4. The first-order chi connectivity index (χ1) is 9.22. The maximum absolute atomic E-state index is 12.4. The predicted octanol–water partition coefficient (Wildman–Crippen LogP) is 2.07. The van der Waals surface area contributed by atoms with Crippen LogP contribution in [0.3, 0.4) is 0 Å². The summed E-state index contributed by atoms with van der Waals surface area (Å²) in [6.07, 6.45) is 3.64. The molecule has 1 amide bonds. The Kier molecular flexibility index (Phi) is 2.85. The lowest BCUT2D eigenvalue weighted by atomic mass is 9.95. The zero-order chi connectivity index (χ0) is 13.3. The van der Waals surface area contributed by atoms with Crippen molar-refractivity contribution in [2.24, 2.45) is 0 Å². The van der Waals surface area contributed by atoms with Gasteiger partial charge in [-0.05, 0) is 25.3 Å². The van der Waals surface area contributed by atoms with Crippen molar-refractivity contribution in [3.8, 4) is 0 Å². The molecule has 0 bridgehead atoms. The zero-order valence-electron chi connectivity index (χ0n) is 10.9. The van der Waals surface area contributed by atoms with Crippen LogP contribution in [-0.4, -0.2) is 16.1 Å². The van der Waals surface area contributed by atoms with Crippen molar-refractivity contribution in [2.45, 2.75) is 31.7 Å². The average Bonchev–Trinajstić information content (AvgIpc) is 3.16. The molecule has 0 spiro atoms. The fourth-order valence-electron chi connectivity index (χ4n) is 2.43. The summed E-state index contributed by atoms with van der Waals surface area (Å²) in [5, 5.41) is 9.86. The van der Waals surface area contributed by atoms with Gasteiger partial charge in [-0.2, -0.15) is 5.10 Å². The van der Waals surface area contributed by atoms with Crippen molar-refractivity contribution >= 4 is 5.91 Å². The van der Waals surface area contributed by atoms with Crippen LogP contribution < -0.4 is 5.32 Å². The Bertz CT molecular complexity index is 584. The van der Waals surface area contributed by atoms with Gasteiger partial charge < -0.3 is 5.32 Å². The average molecular weight is 255 g/mol. The molecule has 3 rings (SSSR count). The van der Waals surface area contributed by atoms with Gasteiger partial charge in [-0.3, -0.25) is 9.89 Å². The summed E-state index contributed by atoms with van der Waals surface area (Å²) < 4.78 is 0. The van der Waals surface area contributed by atoms with E-state index in [1.165, 1.54) is 0 Å². The number of benzene rings is 1. The number of nitrogens with one attached hydrogen (secondary N) is 2. The van der Waals surface area contributed by atoms with Crippen LogP contribution >= 0.6 is 0 Å². The van der Waals surface area contributed by atoms with Crippen molar-refractivity contribution in [1.29, 1.82) is 0 Å². The third kappa shape index (κ3) is 2.14. The maximum atomic E-state index is 12.4. The lowest BCUT2D eigenvalue weighted by molar-refractivity contribution is -0.123. The van der Waals surface area contributed by atoms with Gasteiger partial charge in [0.1, 0.15) is 0 Å². The molecule has 4 nitrogen and oxygen atoms in total. The van der Waals surface area contributed by atoms with E-state index in [1.807, 2.05) is 37.3 Å². The van der Waals surface area contributed by atoms with Crippen LogP contribution in [-0.2, 0) is 16.8 Å². The topological polar surface area (TPSA) is 57.8 Å². The molecule has 98 valence electrons. The quantitative estimate of drug-likeness (QED) is 0.878. The van der Waals surface area contributed by atoms with E-state index < -0.39 is 0 Å². The van der Waals surface area contributed by atoms with Gasteiger partial charge in [0, 0.05) is 17.8 Å². The smallest absolute Gasteiger partial charge is 0.230 e. The number of carbonyl (C=O) groups is 1. The second kappa shape index (κ2) is 4.53. The maximum Gasteiger partial charge on any atom is 0.230 e. The number of carbonyl (C=O) groups excluding carboxylic acids is 1. The van der Waals surface area contributed by atoms with Gasteiger partial charge in [0.15, 0.2) is 0 Å². The Hall–Kier alpha value is -2.10. The molecule has 19 heavy (non-hydrogen) atoms. The number of aryl methyl sites for hydroxylation is 1. The summed E-state index contributed by atoms with van der Waals surface area (Å²) >= 11 is 0. The molecular formula is C15H17N3O. The molecule has 0 unspecified atom stereocenters. The van der Waals surface area contributed by atoms with Gasteiger partial charge in [0.25, 0.3) is 0 Å². The summed E-state index contributed by atoms with van der Waals surface area (Å²) in [7, 11) is 0. The molecule has 0 saturated heterocycles. The van der Waals surface area contributed by atoms with Crippen molar-refractivity contribution in [3.05, 3.63) is 53.3 Å². The Balaban J connectivity index is 1.70. The predicted molar refractivity (Wildman–Crippen MR) is 72.5 cm³/mol. The second-order valence-corrected chi connectivity index (χ2v) is 5.15. The molecule has 1 aliphatic rings. The Morgan fingerprint density at radius 2 is 2.11 bits per heavy atom. The van der Waals surface area contributed by atoms with Crippen molar-refractivity contribution in [1.82, 2.24) is 15.5 Å². The number of hydrogen-bond donors (Lipinski definition) is 2. The third-order valence-electron chi connectivity index (χ3n) is 3.88. The molecule has 2 aromatic rings. The first-order valence-electron chi connectivity index (χ1n) is 6.55. The number of H-pyrrole nitrogens is 1. The number of hydrogen-bond acceptors (Lipinski definition) is 2. The van der Waals surface area contributed by atoms with Crippen molar-refractivity contribution < 1.29 is 4.79 Å². The largest absolute Gasteiger partial charge is 0.351 e. The standard InChI is InChI=1S/C15H17N3O/c1-11-12(10-17-18-11)9-16-14(19)15(7-8-15)13-5-3-2-4-6-13/h2-6,10H,7-9H2,1H3,(H,16,19)(H,17,18). The molecule has 1 heterocycles. The molecule has 1 saturated carbocycles. The normalized spacial score (nSPS) is 16.1. The summed E-state index contributed by atoms with van der Waals surface area (Å²) in [6.45, 7) is 2.49. The van der Waals surface area contributed by atoms with Crippen LogP contribution in [0.4, 0.5) is 0 Å². The highest BCUT2D eigenvalue weighted by atomic mass is 16.2. The summed E-state index contributed by atoms with van der Waals surface area (Å²) in [5.41, 5.74) is 2.87. The monoisotopic (exact) mass is 255 g/mol. The molecule has 4 heteroatoms. The van der Waals surface area contributed by atoms with Gasteiger partial charge in [-0.25, -0.2) is 0 Å². The van der Waals surface area contributed by atoms with Crippen LogP contribution in [0, 0.1) is 6.92 Å². The van der Waals surface area contributed by atoms with E-state index >= 15 is 0 Å². The first kappa shape index (κ1) is 12.0. The van der Waals surface area contributed by atoms with Gasteiger partial charge in [0.05, 0.1) is 11.6 Å². The van der Waals surface area contributed by atoms with E-state index in [0.29, 0.717) is 6.54 Å². The fraction of sp³-hybridized carbons (Fsp3) is 0.333. The highest BCUT2D eigenvalue weighted by Gasteiger charge is 2.50. The second-order valence-electron chi connectivity index (χ2n) is 5.15. The van der Waals surface area contributed by atoms with Crippen LogP contribution in [0.15, 0.2) is 36.5 Å². The zero-order valence-corrected chi connectivity index (χ0v) is 10.9. The van der Waals surface area contributed by atoms with E-state index in [2.05, 4.69) is 15.5 Å². The van der Waals surface area contributed by atoms with Crippen molar-refractivity contribution in [2.75, 3.05) is 0 Å². The molecular weight excluding hydrogens is 238 g/mol. The van der Waals surface area contributed by atoms with Crippen LogP contribution in [0.1, 0.15) is 29.7 Å². The minimum absolute atomic E-state index is 0.124. The first-order valence-corrected chi connectivity index (χ1v) is 6.55. The van der Waals surface area contributed by atoms with Crippen LogP contribution in [0.25, 0.3) is 0 Å². The van der Waals surface area contributed by atoms with Crippen molar-refractivity contribution in [3.63, 3.8) is 0 Å². The fourth-order valence-corrected chi connectivity index (χ4v) is 2.43. The lowest BCUT2D eigenvalue weighted by Gasteiger charge is -2.15. The lowest BCUT2D eigenvalue weighted by Crippen LogP contribution is -2.34. The Morgan fingerprint density at radius 3 is 2.68 bits per heavy atom. The molecule has 2 N–H and O–H groups in total. The van der Waals surface area contributed by atoms with Gasteiger partial charge >= 0.3 is 0 Å². The molecule has 0 aliphatic heterocycles. The third-order valence-corrected chi connectivity index (χ3v) is 3.88. The minimum atomic E-state index is -0.293. The number of nitrogens with zero attached hydrogens (tertiary/aromatic N) is 1. The molecule has 1 aromatic carbocycles. The van der Waals surface area contributed by atoms with Crippen LogP contribution in [0.2, 0.25) is 0 Å². The number of aromatic amines is 1. The highest BCUT2D eigenvalue weighted by molar-refractivity contribution is 5.91. The van der Waals surface area contributed by atoms with Gasteiger partial charge in [0.2, 0.25) is 5.91 Å².